The Balaban J connectivity index is 2.42. The van der Waals surface area contributed by atoms with Gasteiger partial charge in [-0.05, 0) is 55.3 Å². The molecule has 0 saturated carbocycles. The highest BCUT2D eigenvalue weighted by Gasteiger charge is 2.14. The van der Waals surface area contributed by atoms with Crippen molar-refractivity contribution in [3.05, 3.63) is 58.6 Å². The molecule has 0 fully saturated rings. The van der Waals surface area contributed by atoms with Gasteiger partial charge in [-0.2, -0.15) is 4.83 Å². The first kappa shape index (κ1) is 15.7. The van der Waals surface area contributed by atoms with E-state index >= 15 is 0 Å². The first-order valence-corrected chi connectivity index (χ1v) is 7.46. The highest BCUT2D eigenvalue weighted by molar-refractivity contribution is 8.11. The smallest absolute Gasteiger partial charge is 0.381 e. The van der Waals surface area contributed by atoms with Crippen LogP contribution in [0.2, 0.25) is 5.02 Å². The van der Waals surface area contributed by atoms with Crippen LogP contribution >= 0.6 is 23.5 Å². The molecule has 0 amide bonds. The van der Waals surface area contributed by atoms with Gasteiger partial charge in [0.05, 0.1) is 23.3 Å². The molecule has 21 heavy (non-hydrogen) atoms. The maximum atomic E-state index is 10.8. The van der Waals surface area contributed by atoms with Crippen molar-refractivity contribution in [3.8, 4) is 0 Å². The summed E-state index contributed by atoms with van der Waals surface area (Å²) >= 11 is 6.52. The SMILES string of the molecule is Cc1cccc(N(NSC(=O)O)c2ccc(Cl)cc2)c1C. The highest BCUT2D eigenvalue weighted by atomic mass is 35.5. The van der Waals surface area contributed by atoms with Crippen LogP contribution in [0.5, 0.6) is 0 Å². The van der Waals surface area contributed by atoms with Crippen LogP contribution in [0.15, 0.2) is 42.5 Å². The van der Waals surface area contributed by atoms with E-state index in [1.165, 1.54) is 0 Å². The van der Waals surface area contributed by atoms with Crippen LogP contribution in [-0.2, 0) is 0 Å². The molecule has 4 nitrogen and oxygen atoms in total. The van der Waals surface area contributed by atoms with Crippen molar-refractivity contribution < 1.29 is 9.90 Å². The zero-order chi connectivity index (χ0) is 15.4. The minimum Gasteiger partial charge on any atom is -0.472 e. The fourth-order valence-electron chi connectivity index (χ4n) is 1.89. The number of benzene rings is 2. The number of hydrogen-bond acceptors (Lipinski definition) is 4. The van der Waals surface area contributed by atoms with Gasteiger partial charge in [-0.25, -0.2) is 4.79 Å². The number of rotatable bonds is 4. The lowest BCUT2D eigenvalue weighted by Crippen LogP contribution is -2.30. The van der Waals surface area contributed by atoms with Gasteiger partial charge >= 0.3 is 5.30 Å². The summed E-state index contributed by atoms with van der Waals surface area (Å²) in [4.78, 5) is 13.7. The van der Waals surface area contributed by atoms with Crippen LogP contribution in [0.1, 0.15) is 11.1 Å². The van der Waals surface area contributed by atoms with E-state index in [0.29, 0.717) is 17.0 Å². The molecule has 0 heterocycles. The zero-order valence-corrected chi connectivity index (χ0v) is 13.2. The number of carbonyl (C=O) groups is 1. The predicted molar refractivity (Wildman–Crippen MR) is 88.3 cm³/mol. The van der Waals surface area contributed by atoms with E-state index in [9.17, 15) is 4.79 Å². The molecule has 0 aliphatic rings. The van der Waals surface area contributed by atoms with Crippen molar-refractivity contribution in [1.82, 2.24) is 4.83 Å². The van der Waals surface area contributed by atoms with Crippen molar-refractivity contribution in [2.75, 3.05) is 5.01 Å². The largest absolute Gasteiger partial charge is 0.472 e. The van der Waals surface area contributed by atoms with E-state index in [1.54, 1.807) is 17.1 Å². The van der Waals surface area contributed by atoms with Crippen LogP contribution < -0.4 is 9.84 Å². The van der Waals surface area contributed by atoms with Crippen molar-refractivity contribution in [1.29, 1.82) is 0 Å². The molecule has 2 rings (SSSR count). The van der Waals surface area contributed by atoms with Crippen LogP contribution in [0.4, 0.5) is 16.2 Å². The zero-order valence-electron chi connectivity index (χ0n) is 11.6. The monoisotopic (exact) mass is 322 g/mol. The first-order valence-electron chi connectivity index (χ1n) is 6.26. The Hall–Kier alpha value is -1.69. The van der Waals surface area contributed by atoms with E-state index < -0.39 is 5.30 Å². The van der Waals surface area contributed by atoms with E-state index in [-0.39, 0.29) is 0 Å². The fraction of sp³-hybridized carbons (Fsp3) is 0.133. The molecule has 0 aliphatic heterocycles. The minimum absolute atomic E-state index is 0.607. The van der Waals surface area contributed by atoms with Crippen LogP contribution in [0.25, 0.3) is 0 Å². The lowest BCUT2D eigenvalue weighted by Gasteiger charge is -2.26. The third-order valence-electron chi connectivity index (χ3n) is 3.13. The second kappa shape index (κ2) is 6.85. The van der Waals surface area contributed by atoms with Crippen molar-refractivity contribution in [3.63, 3.8) is 0 Å². The number of nitrogens with one attached hydrogen (secondary N) is 1. The van der Waals surface area contributed by atoms with E-state index in [4.69, 9.17) is 16.7 Å². The van der Waals surface area contributed by atoms with Gasteiger partial charge in [-0.15, -0.1) is 0 Å². The summed E-state index contributed by atoms with van der Waals surface area (Å²) in [6.07, 6.45) is 0. The lowest BCUT2D eigenvalue weighted by molar-refractivity contribution is 0.222. The Morgan fingerprint density at radius 2 is 1.86 bits per heavy atom. The summed E-state index contributed by atoms with van der Waals surface area (Å²) in [5.74, 6) is 0. The summed E-state index contributed by atoms with van der Waals surface area (Å²) in [5.41, 5.74) is 3.91. The summed E-state index contributed by atoms with van der Waals surface area (Å²) in [7, 11) is 0. The topological polar surface area (TPSA) is 52.6 Å². The van der Waals surface area contributed by atoms with Gasteiger partial charge in [0.2, 0.25) is 0 Å². The quantitative estimate of drug-likeness (QED) is 0.617. The number of anilines is 2. The molecular weight excluding hydrogens is 308 g/mol. The Bertz CT molecular complexity index is 647. The maximum Gasteiger partial charge on any atom is 0.381 e. The molecule has 110 valence electrons. The van der Waals surface area contributed by atoms with Gasteiger partial charge in [0.15, 0.2) is 0 Å². The average molecular weight is 323 g/mol. The molecule has 6 heteroatoms. The number of carboxylic acid groups (broad SMARTS) is 1. The van der Waals surface area contributed by atoms with Crippen molar-refractivity contribution >= 4 is 40.2 Å². The van der Waals surface area contributed by atoms with Gasteiger partial charge in [0, 0.05) is 5.02 Å². The van der Waals surface area contributed by atoms with Crippen LogP contribution in [0.3, 0.4) is 0 Å². The Labute approximate surface area is 132 Å². The molecule has 0 radical (unpaired) electrons. The summed E-state index contributed by atoms with van der Waals surface area (Å²) in [6.45, 7) is 4.02. The number of nitrogens with zero attached hydrogens (tertiary/aromatic N) is 1. The summed E-state index contributed by atoms with van der Waals surface area (Å²) in [6, 6.07) is 13.1. The molecule has 0 saturated heterocycles. The number of hydrogen-bond donors (Lipinski definition) is 2. The molecule has 0 aromatic heterocycles. The van der Waals surface area contributed by atoms with Crippen molar-refractivity contribution in [2.45, 2.75) is 13.8 Å². The molecule has 2 N–H and O–H groups in total. The molecule has 0 bridgehead atoms. The molecule has 2 aromatic carbocycles. The fourth-order valence-corrected chi connectivity index (χ4v) is 2.39. The molecule has 0 atom stereocenters. The van der Waals surface area contributed by atoms with Crippen LogP contribution in [0, 0.1) is 13.8 Å². The molecule has 0 unspecified atom stereocenters. The minimum atomic E-state index is -1.00. The van der Waals surface area contributed by atoms with E-state index in [0.717, 1.165) is 22.5 Å². The standard InChI is InChI=1S/C15H15ClN2O2S/c1-10-4-3-5-14(11(10)2)18(17-21-15(19)20)13-8-6-12(16)7-9-13/h3-9,17H,1-2H3,(H,19,20). The number of hydrazine groups is 1. The number of halogens is 1. The van der Waals surface area contributed by atoms with Gasteiger partial charge in [-0.1, -0.05) is 23.7 Å². The summed E-state index contributed by atoms with van der Waals surface area (Å²) < 4.78 is 0. The summed E-state index contributed by atoms with van der Waals surface area (Å²) in [5, 5.41) is 10.2. The maximum absolute atomic E-state index is 10.8. The Morgan fingerprint density at radius 3 is 2.48 bits per heavy atom. The van der Waals surface area contributed by atoms with E-state index in [1.807, 2.05) is 44.2 Å². The van der Waals surface area contributed by atoms with Gasteiger partial charge in [-0.3, -0.25) is 5.01 Å². The lowest BCUT2D eigenvalue weighted by atomic mass is 10.1. The third kappa shape index (κ3) is 3.91. The Kier molecular flexibility index (Phi) is 5.12. The second-order valence-corrected chi connectivity index (χ2v) is 5.66. The molecule has 2 aromatic rings. The molecular formula is C15H15ClN2O2S. The number of aryl methyl sites for hydroxylation is 1. The van der Waals surface area contributed by atoms with Gasteiger partial charge < -0.3 is 5.11 Å². The third-order valence-corrected chi connectivity index (χ3v) is 3.83. The molecule has 0 aliphatic carbocycles. The predicted octanol–water partition coefficient (Wildman–Crippen LogP) is 4.93. The molecule has 0 spiro atoms. The van der Waals surface area contributed by atoms with E-state index in [2.05, 4.69) is 4.83 Å². The van der Waals surface area contributed by atoms with Gasteiger partial charge in [0.25, 0.3) is 0 Å². The van der Waals surface area contributed by atoms with Crippen LogP contribution in [-0.4, -0.2) is 10.4 Å². The Morgan fingerprint density at radius 1 is 1.19 bits per heavy atom. The second-order valence-electron chi connectivity index (χ2n) is 4.49. The normalized spacial score (nSPS) is 10.4. The van der Waals surface area contributed by atoms with Gasteiger partial charge in [0.1, 0.15) is 0 Å². The first-order chi connectivity index (χ1) is 9.99. The van der Waals surface area contributed by atoms with Crippen molar-refractivity contribution in [2.24, 2.45) is 0 Å². The highest BCUT2D eigenvalue weighted by Crippen LogP contribution is 2.30. The average Bonchev–Trinajstić information content (AvgIpc) is 2.45.